The first-order valence-electron chi connectivity index (χ1n) is 11.2. The topological polar surface area (TPSA) is 79.6 Å². The van der Waals surface area contributed by atoms with Crippen molar-refractivity contribution in [3.05, 3.63) is 77.9 Å². The SMILES string of the molecule is COC(=O)[C@H]1[C@@H](OC(=O)c2ccccc2)C[C@@H]2CC[C@H]1N2c1ccc(C#N)c2ccccc12. The van der Waals surface area contributed by atoms with Crippen LogP contribution in [0.1, 0.15) is 35.2 Å². The van der Waals surface area contributed by atoms with Crippen molar-refractivity contribution in [2.24, 2.45) is 5.92 Å². The molecule has 6 heteroatoms. The summed E-state index contributed by atoms with van der Waals surface area (Å²) in [5.41, 5.74) is 2.09. The van der Waals surface area contributed by atoms with Gasteiger partial charge in [-0.15, -0.1) is 0 Å². The maximum atomic E-state index is 12.9. The molecule has 2 aliphatic rings. The van der Waals surface area contributed by atoms with Gasteiger partial charge in [0.15, 0.2) is 0 Å². The third kappa shape index (κ3) is 3.60. The average Bonchev–Trinajstić information content (AvgIpc) is 3.16. The molecule has 6 nitrogen and oxygen atoms in total. The summed E-state index contributed by atoms with van der Waals surface area (Å²) in [5.74, 6) is -1.38. The number of esters is 2. The highest BCUT2D eigenvalue weighted by atomic mass is 16.6. The number of carbonyl (C=O) groups is 2. The first-order chi connectivity index (χ1) is 16.1. The molecule has 0 N–H and O–H groups in total. The van der Waals surface area contributed by atoms with Gasteiger partial charge in [-0.1, -0.05) is 42.5 Å². The number of rotatable bonds is 4. The lowest BCUT2D eigenvalue weighted by atomic mass is 9.86. The summed E-state index contributed by atoms with van der Waals surface area (Å²) in [4.78, 5) is 28.0. The molecule has 0 aliphatic carbocycles. The van der Waals surface area contributed by atoms with Crippen molar-refractivity contribution >= 4 is 28.4 Å². The molecule has 0 amide bonds. The third-order valence-electron chi connectivity index (χ3n) is 6.91. The molecule has 2 saturated heterocycles. The Morgan fingerprint density at radius 2 is 1.70 bits per heavy atom. The molecule has 4 atom stereocenters. The van der Waals surface area contributed by atoms with Gasteiger partial charge in [0.25, 0.3) is 0 Å². The molecule has 3 aromatic carbocycles. The van der Waals surface area contributed by atoms with Crippen LogP contribution in [0.2, 0.25) is 0 Å². The van der Waals surface area contributed by atoms with Crippen molar-refractivity contribution in [2.45, 2.75) is 37.5 Å². The van der Waals surface area contributed by atoms with E-state index in [4.69, 9.17) is 9.47 Å². The predicted molar refractivity (Wildman–Crippen MR) is 124 cm³/mol. The molecule has 166 valence electrons. The zero-order valence-electron chi connectivity index (χ0n) is 18.3. The largest absolute Gasteiger partial charge is 0.469 e. The third-order valence-corrected chi connectivity index (χ3v) is 6.91. The van der Waals surface area contributed by atoms with Crippen LogP contribution in [0.5, 0.6) is 0 Å². The van der Waals surface area contributed by atoms with Crippen LogP contribution >= 0.6 is 0 Å². The summed E-state index contributed by atoms with van der Waals surface area (Å²) in [6.07, 6.45) is 1.69. The molecule has 2 aliphatic heterocycles. The highest BCUT2D eigenvalue weighted by Gasteiger charge is 2.52. The number of piperidine rings is 1. The molecule has 0 radical (unpaired) electrons. The summed E-state index contributed by atoms with van der Waals surface area (Å²) in [5, 5.41) is 11.4. The number of benzene rings is 3. The number of nitriles is 1. The molecular weight excluding hydrogens is 416 g/mol. The second kappa shape index (κ2) is 8.59. The number of methoxy groups -OCH3 is 1. The normalized spacial score (nSPS) is 23.7. The van der Waals surface area contributed by atoms with Gasteiger partial charge in [-0.3, -0.25) is 4.79 Å². The van der Waals surface area contributed by atoms with Gasteiger partial charge in [-0.2, -0.15) is 5.26 Å². The van der Waals surface area contributed by atoms with Crippen molar-refractivity contribution in [1.29, 1.82) is 5.26 Å². The van der Waals surface area contributed by atoms with Crippen LogP contribution in [0.15, 0.2) is 66.7 Å². The highest BCUT2D eigenvalue weighted by molar-refractivity contribution is 5.98. The zero-order chi connectivity index (χ0) is 22.9. The summed E-state index contributed by atoms with van der Waals surface area (Å²) in [6, 6.07) is 22.7. The first kappa shape index (κ1) is 21.0. The number of fused-ring (bicyclic) bond motifs is 3. The van der Waals surface area contributed by atoms with E-state index in [0.29, 0.717) is 17.5 Å². The van der Waals surface area contributed by atoms with Gasteiger partial charge >= 0.3 is 11.9 Å². The fraction of sp³-hybridized carbons (Fsp3) is 0.296. The number of carbonyl (C=O) groups excluding carboxylic acids is 2. The zero-order valence-corrected chi connectivity index (χ0v) is 18.3. The van der Waals surface area contributed by atoms with Crippen molar-refractivity contribution in [3.63, 3.8) is 0 Å². The van der Waals surface area contributed by atoms with Crippen molar-refractivity contribution < 1.29 is 19.1 Å². The molecule has 33 heavy (non-hydrogen) atoms. The summed E-state index contributed by atoms with van der Waals surface area (Å²) < 4.78 is 11.1. The van der Waals surface area contributed by atoms with E-state index in [2.05, 4.69) is 11.0 Å². The minimum Gasteiger partial charge on any atom is -0.469 e. The van der Waals surface area contributed by atoms with Gasteiger partial charge in [0.1, 0.15) is 12.0 Å². The number of ether oxygens (including phenoxy) is 2. The molecule has 0 spiro atoms. The van der Waals surface area contributed by atoms with Gasteiger partial charge in [-0.05, 0) is 37.1 Å². The van der Waals surface area contributed by atoms with Crippen LogP contribution in [0.4, 0.5) is 5.69 Å². The van der Waals surface area contributed by atoms with Crippen molar-refractivity contribution in [2.75, 3.05) is 12.0 Å². The number of anilines is 1. The maximum Gasteiger partial charge on any atom is 0.338 e. The Morgan fingerprint density at radius 1 is 0.970 bits per heavy atom. The highest BCUT2D eigenvalue weighted by Crippen LogP contribution is 2.46. The Kier molecular flexibility index (Phi) is 5.47. The predicted octanol–water partition coefficient (Wildman–Crippen LogP) is 4.47. The van der Waals surface area contributed by atoms with E-state index in [0.717, 1.165) is 29.3 Å². The Morgan fingerprint density at radius 3 is 2.42 bits per heavy atom. The summed E-state index contributed by atoms with van der Waals surface area (Å²) in [6.45, 7) is 0. The minimum atomic E-state index is -0.587. The molecule has 0 saturated carbocycles. The quantitative estimate of drug-likeness (QED) is 0.557. The lowest BCUT2D eigenvalue weighted by molar-refractivity contribution is -0.151. The summed E-state index contributed by atoms with van der Waals surface area (Å²) in [7, 11) is 1.38. The van der Waals surface area contributed by atoms with E-state index in [1.807, 2.05) is 42.5 Å². The van der Waals surface area contributed by atoms with E-state index in [-0.39, 0.29) is 18.1 Å². The van der Waals surface area contributed by atoms with Crippen LogP contribution in [-0.4, -0.2) is 37.2 Å². The second-order valence-corrected chi connectivity index (χ2v) is 8.59. The number of nitrogens with zero attached hydrogens (tertiary/aromatic N) is 2. The average molecular weight is 440 g/mol. The van der Waals surface area contributed by atoms with E-state index in [9.17, 15) is 14.9 Å². The first-order valence-corrected chi connectivity index (χ1v) is 11.2. The number of hydrogen-bond acceptors (Lipinski definition) is 6. The van der Waals surface area contributed by atoms with Crippen LogP contribution in [0.3, 0.4) is 0 Å². The Bertz CT molecular complexity index is 1250. The number of hydrogen-bond donors (Lipinski definition) is 0. The van der Waals surface area contributed by atoms with Gasteiger partial charge in [-0.25, -0.2) is 4.79 Å². The van der Waals surface area contributed by atoms with Gasteiger partial charge in [0.05, 0.1) is 24.3 Å². The second-order valence-electron chi connectivity index (χ2n) is 8.59. The van der Waals surface area contributed by atoms with Gasteiger partial charge in [0, 0.05) is 35.0 Å². The molecule has 2 heterocycles. The smallest absolute Gasteiger partial charge is 0.338 e. The standard InChI is InChI=1S/C27H24N2O4/c1-32-27(31)25-23-14-12-19(15-24(25)33-26(30)17-7-3-2-4-8-17)29(23)22-13-11-18(16-28)20-9-5-6-10-21(20)22/h2-11,13,19,23-25H,12,14-15H2,1H3/t19-,23+,24-,25+/m0/s1. The molecule has 3 aromatic rings. The van der Waals surface area contributed by atoms with Gasteiger partial charge < -0.3 is 14.4 Å². The monoisotopic (exact) mass is 440 g/mol. The molecular formula is C27H24N2O4. The maximum absolute atomic E-state index is 12.9. The van der Waals surface area contributed by atoms with Crippen LogP contribution in [0, 0.1) is 17.2 Å². The Hall–Kier alpha value is -3.85. The lowest BCUT2D eigenvalue weighted by Crippen LogP contribution is -2.55. The van der Waals surface area contributed by atoms with Crippen LogP contribution in [-0.2, 0) is 14.3 Å². The van der Waals surface area contributed by atoms with Crippen molar-refractivity contribution in [1.82, 2.24) is 0 Å². The molecule has 5 rings (SSSR count). The fourth-order valence-corrected chi connectivity index (χ4v) is 5.49. The molecule has 2 fully saturated rings. The Labute approximate surface area is 192 Å². The Balaban J connectivity index is 1.51. The van der Waals surface area contributed by atoms with Crippen LogP contribution in [0.25, 0.3) is 10.8 Å². The minimum absolute atomic E-state index is 0.126. The fourth-order valence-electron chi connectivity index (χ4n) is 5.49. The molecule has 0 aromatic heterocycles. The lowest BCUT2D eigenvalue weighted by Gasteiger charge is -2.44. The van der Waals surface area contributed by atoms with E-state index >= 15 is 0 Å². The van der Waals surface area contributed by atoms with E-state index < -0.39 is 18.0 Å². The summed E-state index contributed by atoms with van der Waals surface area (Å²) >= 11 is 0. The van der Waals surface area contributed by atoms with Crippen molar-refractivity contribution in [3.8, 4) is 6.07 Å². The molecule has 0 unspecified atom stereocenters. The van der Waals surface area contributed by atoms with E-state index in [1.165, 1.54) is 7.11 Å². The van der Waals surface area contributed by atoms with Gasteiger partial charge in [0.2, 0.25) is 0 Å². The van der Waals surface area contributed by atoms with Crippen LogP contribution < -0.4 is 4.90 Å². The van der Waals surface area contributed by atoms with E-state index in [1.54, 1.807) is 24.3 Å². The molecule has 2 bridgehead atoms.